The molecule has 1 fully saturated rings. The summed E-state index contributed by atoms with van der Waals surface area (Å²) in [4.78, 5) is 23.4. The third-order valence-corrected chi connectivity index (χ3v) is 5.04. The lowest BCUT2D eigenvalue weighted by atomic mass is 10.2. The zero-order chi connectivity index (χ0) is 17.2. The van der Waals surface area contributed by atoms with Crippen molar-refractivity contribution in [2.24, 2.45) is 0 Å². The number of thiazole rings is 1. The molecule has 1 saturated heterocycles. The minimum absolute atomic E-state index is 0.197. The molecule has 0 atom stereocenters. The van der Waals surface area contributed by atoms with E-state index in [9.17, 15) is 4.79 Å². The van der Waals surface area contributed by atoms with Gasteiger partial charge in [0.25, 0.3) is 5.91 Å². The Morgan fingerprint density at radius 1 is 1.24 bits per heavy atom. The van der Waals surface area contributed by atoms with Crippen LogP contribution < -0.4 is 10.2 Å². The number of pyridine rings is 1. The SMILES string of the molecule is Cc1ccc2nc(NC(=O)c3ccc(N4CCOCC4)nc3)sc2c1. The highest BCUT2D eigenvalue weighted by Crippen LogP contribution is 2.27. The van der Waals surface area contributed by atoms with Gasteiger partial charge in [0.05, 0.1) is 29.0 Å². The Hall–Kier alpha value is -2.51. The first-order valence-electron chi connectivity index (χ1n) is 8.16. The van der Waals surface area contributed by atoms with E-state index in [-0.39, 0.29) is 5.91 Å². The molecule has 1 aliphatic rings. The van der Waals surface area contributed by atoms with Gasteiger partial charge in [0.15, 0.2) is 5.13 Å². The number of aromatic nitrogens is 2. The Balaban J connectivity index is 1.48. The number of benzene rings is 1. The summed E-state index contributed by atoms with van der Waals surface area (Å²) in [7, 11) is 0. The second-order valence-corrected chi connectivity index (χ2v) is 6.98. The lowest BCUT2D eigenvalue weighted by Gasteiger charge is -2.27. The Morgan fingerprint density at radius 3 is 2.84 bits per heavy atom. The maximum absolute atomic E-state index is 12.4. The van der Waals surface area contributed by atoms with Gasteiger partial charge in [0.1, 0.15) is 5.82 Å². The third kappa shape index (κ3) is 3.47. The molecule has 2 aromatic heterocycles. The lowest BCUT2D eigenvalue weighted by Crippen LogP contribution is -2.36. The molecular weight excluding hydrogens is 336 g/mol. The second kappa shape index (κ2) is 6.78. The van der Waals surface area contributed by atoms with E-state index in [2.05, 4.69) is 26.3 Å². The van der Waals surface area contributed by atoms with Gasteiger partial charge in [-0.15, -0.1) is 0 Å². The number of fused-ring (bicyclic) bond motifs is 1. The van der Waals surface area contributed by atoms with Gasteiger partial charge in [-0.05, 0) is 36.8 Å². The largest absolute Gasteiger partial charge is 0.378 e. The Kier molecular flexibility index (Phi) is 4.33. The van der Waals surface area contributed by atoms with Crippen LogP contribution in [-0.4, -0.2) is 42.2 Å². The van der Waals surface area contributed by atoms with E-state index in [0.29, 0.717) is 23.9 Å². The van der Waals surface area contributed by atoms with E-state index in [0.717, 1.165) is 29.1 Å². The molecular formula is C18H18N4O2S. The first-order valence-corrected chi connectivity index (χ1v) is 8.98. The monoisotopic (exact) mass is 354 g/mol. The topological polar surface area (TPSA) is 67.4 Å². The van der Waals surface area contributed by atoms with Gasteiger partial charge in [-0.1, -0.05) is 17.4 Å². The van der Waals surface area contributed by atoms with Crippen molar-refractivity contribution in [2.75, 3.05) is 36.5 Å². The number of nitrogens with one attached hydrogen (secondary N) is 1. The quantitative estimate of drug-likeness (QED) is 0.783. The van der Waals surface area contributed by atoms with Crippen molar-refractivity contribution in [3.05, 3.63) is 47.7 Å². The zero-order valence-corrected chi connectivity index (χ0v) is 14.7. The molecule has 128 valence electrons. The maximum atomic E-state index is 12.4. The van der Waals surface area contributed by atoms with Crippen molar-refractivity contribution in [3.8, 4) is 0 Å². The molecule has 7 heteroatoms. The van der Waals surface area contributed by atoms with Crippen LogP contribution >= 0.6 is 11.3 Å². The molecule has 1 N–H and O–H groups in total. The average Bonchev–Trinajstić information content (AvgIpc) is 3.04. The van der Waals surface area contributed by atoms with Crippen LogP contribution in [0, 0.1) is 6.92 Å². The van der Waals surface area contributed by atoms with E-state index >= 15 is 0 Å². The molecule has 0 unspecified atom stereocenters. The minimum atomic E-state index is -0.197. The van der Waals surface area contributed by atoms with E-state index in [1.54, 1.807) is 12.3 Å². The maximum Gasteiger partial charge on any atom is 0.259 e. The first-order chi connectivity index (χ1) is 12.2. The second-order valence-electron chi connectivity index (χ2n) is 5.95. The molecule has 4 rings (SSSR count). The van der Waals surface area contributed by atoms with Crippen molar-refractivity contribution < 1.29 is 9.53 Å². The summed E-state index contributed by atoms with van der Waals surface area (Å²) < 4.78 is 6.41. The van der Waals surface area contributed by atoms with Crippen LogP contribution in [0.25, 0.3) is 10.2 Å². The summed E-state index contributed by atoms with van der Waals surface area (Å²) >= 11 is 1.47. The van der Waals surface area contributed by atoms with Crippen molar-refractivity contribution in [1.29, 1.82) is 0 Å². The fourth-order valence-electron chi connectivity index (χ4n) is 2.75. The summed E-state index contributed by atoms with van der Waals surface area (Å²) in [6.45, 7) is 5.11. The molecule has 1 aliphatic heterocycles. The van der Waals surface area contributed by atoms with Crippen molar-refractivity contribution in [1.82, 2.24) is 9.97 Å². The van der Waals surface area contributed by atoms with E-state index in [1.807, 2.05) is 25.1 Å². The number of hydrogen-bond acceptors (Lipinski definition) is 6. The van der Waals surface area contributed by atoms with Crippen LogP contribution in [0.4, 0.5) is 10.9 Å². The number of amides is 1. The number of ether oxygens (including phenoxy) is 1. The minimum Gasteiger partial charge on any atom is -0.378 e. The number of anilines is 2. The molecule has 0 spiro atoms. The van der Waals surface area contributed by atoms with E-state index in [4.69, 9.17) is 4.74 Å². The van der Waals surface area contributed by atoms with E-state index < -0.39 is 0 Å². The van der Waals surface area contributed by atoms with Crippen LogP contribution in [0.3, 0.4) is 0 Å². The standard InChI is InChI=1S/C18H18N4O2S/c1-12-2-4-14-15(10-12)25-18(20-14)21-17(23)13-3-5-16(19-11-13)22-6-8-24-9-7-22/h2-5,10-11H,6-9H2,1H3,(H,20,21,23). The van der Waals surface area contributed by atoms with Gasteiger partial charge in [-0.3, -0.25) is 10.1 Å². The number of carbonyl (C=O) groups is 1. The number of hydrogen-bond donors (Lipinski definition) is 1. The Morgan fingerprint density at radius 2 is 2.08 bits per heavy atom. The number of aryl methyl sites for hydroxylation is 1. The van der Waals surface area contributed by atoms with Crippen LogP contribution in [0.2, 0.25) is 0 Å². The highest BCUT2D eigenvalue weighted by atomic mass is 32.1. The van der Waals surface area contributed by atoms with Gasteiger partial charge in [-0.25, -0.2) is 9.97 Å². The molecule has 3 heterocycles. The molecule has 0 bridgehead atoms. The van der Waals surface area contributed by atoms with Gasteiger partial charge in [0.2, 0.25) is 0 Å². The summed E-state index contributed by atoms with van der Waals surface area (Å²) in [6.07, 6.45) is 1.61. The van der Waals surface area contributed by atoms with Gasteiger partial charge >= 0.3 is 0 Å². The highest BCUT2D eigenvalue weighted by Gasteiger charge is 2.14. The van der Waals surface area contributed by atoms with Crippen molar-refractivity contribution >= 4 is 38.4 Å². The zero-order valence-electron chi connectivity index (χ0n) is 13.9. The third-order valence-electron chi connectivity index (χ3n) is 4.11. The van der Waals surface area contributed by atoms with Crippen LogP contribution in [-0.2, 0) is 4.74 Å². The number of carbonyl (C=O) groups excluding carboxylic acids is 1. The molecule has 1 amide bonds. The summed E-state index contributed by atoms with van der Waals surface area (Å²) in [5.41, 5.74) is 2.59. The molecule has 3 aromatic rings. The average molecular weight is 354 g/mol. The Bertz CT molecular complexity index is 901. The van der Waals surface area contributed by atoms with Crippen molar-refractivity contribution in [3.63, 3.8) is 0 Å². The normalized spacial score (nSPS) is 14.7. The smallest absolute Gasteiger partial charge is 0.259 e. The molecule has 0 saturated carbocycles. The predicted molar refractivity (Wildman–Crippen MR) is 99.6 cm³/mol. The van der Waals surface area contributed by atoms with Gasteiger partial charge in [0, 0.05) is 19.3 Å². The van der Waals surface area contributed by atoms with Crippen LogP contribution in [0.5, 0.6) is 0 Å². The van der Waals surface area contributed by atoms with E-state index in [1.165, 1.54) is 16.9 Å². The summed E-state index contributed by atoms with van der Waals surface area (Å²) in [5, 5.41) is 3.46. The number of rotatable bonds is 3. The fraction of sp³-hybridized carbons (Fsp3) is 0.278. The highest BCUT2D eigenvalue weighted by molar-refractivity contribution is 7.22. The van der Waals surface area contributed by atoms with Gasteiger partial charge < -0.3 is 9.64 Å². The van der Waals surface area contributed by atoms with Crippen molar-refractivity contribution in [2.45, 2.75) is 6.92 Å². The van der Waals surface area contributed by atoms with Crippen LogP contribution in [0.15, 0.2) is 36.5 Å². The lowest BCUT2D eigenvalue weighted by molar-refractivity contribution is 0.102. The molecule has 0 aliphatic carbocycles. The summed E-state index contributed by atoms with van der Waals surface area (Å²) in [6, 6.07) is 9.73. The number of nitrogens with zero attached hydrogens (tertiary/aromatic N) is 3. The number of morpholine rings is 1. The molecule has 1 aromatic carbocycles. The fourth-order valence-corrected chi connectivity index (χ4v) is 3.71. The summed E-state index contributed by atoms with van der Waals surface area (Å²) in [5.74, 6) is 0.673. The molecule has 0 radical (unpaired) electrons. The molecule has 25 heavy (non-hydrogen) atoms. The predicted octanol–water partition coefficient (Wildman–Crippen LogP) is 3.09. The Labute approximate surface area is 149 Å². The molecule has 6 nitrogen and oxygen atoms in total. The first kappa shape index (κ1) is 16.0. The van der Waals surface area contributed by atoms with Gasteiger partial charge in [-0.2, -0.15) is 0 Å². The van der Waals surface area contributed by atoms with Crippen LogP contribution in [0.1, 0.15) is 15.9 Å².